The zero-order valence-corrected chi connectivity index (χ0v) is 11.0. The first-order chi connectivity index (χ1) is 8.84. The van der Waals surface area contributed by atoms with Gasteiger partial charge in [-0.05, 0) is 20.8 Å². The van der Waals surface area contributed by atoms with Gasteiger partial charge in [0, 0.05) is 13.1 Å². The minimum absolute atomic E-state index is 0.404. The fraction of sp³-hybridized carbons (Fsp3) is 0.636. The van der Waals surface area contributed by atoms with Crippen LogP contribution in [0.15, 0.2) is 0 Å². The predicted molar refractivity (Wildman–Crippen MR) is 62.7 cm³/mol. The summed E-state index contributed by atoms with van der Waals surface area (Å²) < 4.78 is 13.3. The van der Waals surface area contributed by atoms with Crippen molar-refractivity contribution in [2.45, 2.75) is 33.0 Å². The number of alkyl halides is 1. The summed E-state index contributed by atoms with van der Waals surface area (Å²) in [5.74, 6) is -3.08. The van der Waals surface area contributed by atoms with Gasteiger partial charge in [0.2, 0.25) is 5.91 Å². The van der Waals surface area contributed by atoms with Crippen molar-refractivity contribution in [1.82, 2.24) is 15.1 Å². The fourth-order valence-corrected chi connectivity index (χ4v) is 1.84. The Morgan fingerprint density at radius 2 is 1.89 bits per heavy atom. The fourth-order valence-electron chi connectivity index (χ4n) is 1.84. The van der Waals surface area contributed by atoms with Crippen molar-refractivity contribution in [3.8, 4) is 0 Å². The molecule has 0 bridgehead atoms. The summed E-state index contributed by atoms with van der Waals surface area (Å²) in [5, 5.41) is 1.70. The number of urea groups is 1. The number of carbonyl (C=O) groups is 4. The lowest BCUT2D eigenvalue weighted by atomic mass is 10.1. The van der Waals surface area contributed by atoms with E-state index < -0.39 is 36.0 Å². The van der Waals surface area contributed by atoms with E-state index in [-0.39, 0.29) is 0 Å². The minimum atomic E-state index is -2.45. The molecule has 0 saturated carbocycles. The number of nitrogens with zero attached hydrogens (tertiary/aromatic N) is 2. The molecule has 2 atom stereocenters. The molecule has 106 valence electrons. The molecule has 1 saturated heterocycles. The molecule has 1 fully saturated rings. The van der Waals surface area contributed by atoms with Gasteiger partial charge in [0.1, 0.15) is 6.04 Å². The lowest BCUT2D eigenvalue weighted by Crippen LogP contribution is -2.64. The Kier molecular flexibility index (Phi) is 4.57. The van der Waals surface area contributed by atoms with Gasteiger partial charge in [-0.25, -0.2) is 14.1 Å². The van der Waals surface area contributed by atoms with Crippen LogP contribution in [-0.2, 0) is 14.4 Å². The zero-order chi connectivity index (χ0) is 14.7. The van der Waals surface area contributed by atoms with Crippen LogP contribution < -0.4 is 5.32 Å². The van der Waals surface area contributed by atoms with E-state index in [0.29, 0.717) is 18.0 Å². The first kappa shape index (κ1) is 15.1. The van der Waals surface area contributed by atoms with Crippen LogP contribution in [0.2, 0.25) is 0 Å². The van der Waals surface area contributed by atoms with Gasteiger partial charge in [-0.15, -0.1) is 0 Å². The van der Waals surface area contributed by atoms with E-state index >= 15 is 0 Å². The lowest BCUT2D eigenvalue weighted by molar-refractivity contribution is -0.150. The second-order valence-electron chi connectivity index (χ2n) is 4.05. The third kappa shape index (κ3) is 2.72. The molecule has 0 aromatic rings. The molecular formula is C11H16FN3O4. The molecule has 1 rings (SSSR count). The van der Waals surface area contributed by atoms with Crippen molar-refractivity contribution >= 4 is 23.8 Å². The summed E-state index contributed by atoms with van der Waals surface area (Å²) in [6, 6.07) is -2.23. The standard InChI is InChI=1S/C11H16FN3O4/c1-4-14(5-2)9(17)6(3)15-10(18)7(12)8(16)13-11(15)19/h6-7H,4-5H2,1-3H3,(H,13,16,19). The Morgan fingerprint density at radius 1 is 1.37 bits per heavy atom. The van der Waals surface area contributed by atoms with E-state index in [1.165, 1.54) is 11.8 Å². The highest BCUT2D eigenvalue weighted by Crippen LogP contribution is 2.13. The van der Waals surface area contributed by atoms with E-state index in [9.17, 15) is 23.6 Å². The van der Waals surface area contributed by atoms with E-state index in [1.807, 2.05) is 0 Å². The number of carbonyl (C=O) groups excluding carboxylic acids is 4. The molecule has 0 spiro atoms. The molecule has 5 amide bonds. The SMILES string of the molecule is CCN(CC)C(=O)C(C)N1C(=O)NC(=O)C(F)C1=O. The Balaban J connectivity index is 2.94. The number of amides is 5. The smallest absolute Gasteiger partial charge is 0.331 e. The number of hydrogen-bond acceptors (Lipinski definition) is 4. The van der Waals surface area contributed by atoms with E-state index in [0.717, 1.165) is 0 Å². The first-order valence-corrected chi connectivity index (χ1v) is 5.95. The van der Waals surface area contributed by atoms with Crippen LogP contribution in [0.25, 0.3) is 0 Å². The van der Waals surface area contributed by atoms with Crippen LogP contribution in [0.3, 0.4) is 0 Å². The Morgan fingerprint density at radius 3 is 2.37 bits per heavy atom. The quantitative estimate of drug-likeness (QED) is 0.710. The zero-order valence-electron chi connectivity index (χ0n) is 11.0. The van der Waals surface area contributed by atoms with Crippen LogP contribution in [-0.4, -0.2) is 58.9 Å². The second kappa shape index (κ2) is 5.77. The lowest BCUT2D eigenvalue weighted by Gasteiger charge is -2.33. The van der Waals surface area contributed by atoms with Gasteiger partial charge in [0.15, 0.2) is 0 Å². The molecule has 8 heteroatoms. The van der Waals surface area contributed by atoms with Crippen LogP contribution in [0, 0.1) is 0 Å². The third-order valence-corrected chi connectivity index (χ3v) is 2.95. The van der Waals surface area contributed by atoms with Gasteiger partial charge in [0.05, 0.1) is 0 Å². The second-order valence-corrected chi connectivity index (χ2v) is 4.05. The molecule has 2 unspecified atom stereocenters. The molecule has 7 nitrogen and oxygen atoms in total. The Labute approximate surface area is 109 Å². The summed E-state index contributed by atoms with van der Waals surface area (Å²) in [6.45, 7) is 5.62. The average molecular weight is 273 g/mol. The van der Waals surface area contributed by atoms with Crippen LogP contribution in [0.4, 0.5) is 9.18 Å². The first-order valence-electron chi connectivity index (χ1n) is 5.95. The molecule has 1 aliphatic heterocycles. The maximum Gasteiger partial charge on any atom is 0.331 e. The molecule has 1 N–H and O–H groups in total. The number of imide groups is 2. The van der Waals surface area contributed by atoms with Crippen molar-refractivity contribution in [2.75, 3.05) is 13.1 Å². The number of nitrogens with one attached hydrogen (secondary N) is 1. The largest absolute Gasteiger partial charge is 0.341 e. The molecule has 0 aliphatic carbocycles. The summed E-state index contributed by atoms with van der Waals surface area (Å²) in [6.07, 6.45) is -2.45. The van der Waals surface area contributed by atoms with Crippen molar-refractivity contribution in [1.29, 1.82) is 0 Å². The molecular weight excluding hydrogens is 257 g/mol. The van der Waals surface area contributed by atoms with Gasteiger partial charge < -0.3 is 4.90 Å². The monoisotopic (exact) mass is 273 g/mol. The average Bonchev–Trinajstić information content (AvgIpc) is 2.37. The van der Waals surface area contributed by atoms with Crippen molar-refractivity contribution in [2.24, 2.45) is 0 Å². The number of halogens is 1. The highest BCUT2D eigenvalue weighted by atomic mass is 19.1. The summed E-state index contributed by atoms with van der Waals surface area (Å²) >= 11 is 0. The van der Waals surface area contributed by atoms with Crippen molar-refractivity contribution in [3.05, 3.63) is 0 Å². The molecule has 0 aromatic heterocycles. The van der Waals surface area contributed by atoms with Crippen LogP contribution in [0.5, 0.6) is 0 Å². The van der Waals surface area contributed by atoms with Gasteiger partial charge in [-0.1, -0.05) is 0 Å². The highest BCUT2D eigenvalue weighted by Gasteiger charge is 2.45. The minimum Gasteiger partial charge on any atom is -0.341 e. The number of hydrogen-bond donors (Lipinski definition) is 1. The summed E-state index contributed by atoms with van der Waals surface area (Å²) in [5.41, 5.74) is 0. The van der Waals surface area contributed by atoms with Crippen molar-refractivity contribution < 1.29 is 23.6 Å². The maximum absolute atomic E-state index is 13.3. The van der Waals surface area contributed by atoms with E-state index in [2.05, 4.69) is 0 Å². The number of likely N-dealkylation sites (N-methyl/N-ethyl adjacent to an activating group) is 1. The van der Waals surface area contributed by atoms with E-state index in [1.54, 1.807) is 19.2 Å². The third-order valence-electron chi connectivity index (χ3n) is 2.95. The van der Waals surface area contributed by atoms with Gasteiger partial charge >= 0.3 is 6.03 Å². The van der Waals surface area contributed by atoms with Gasteiger partial charge in [-0.2, -0.15) is 0 Å². The predicted octanol–water partition coefficient (Wildman–Crippen LogP) is -0.340. The van der Waals surface area contributed by atoms with Crippen LogP contribution >= 0.6 is 0 Å². The molecule has 1 aliphatic rings. The van der Waals surface area contributed by atoms with Gasteiger partial charge in [-0.3, -0.25) is 19.7 Å². The summed E-state index contributed by atoms with van der Waals surface area (Å²) in [7, 11) is 0. The molecule has 0 aromatic carbocycles. The molecule has 19 heavy (non-hydrogen) atoms. The maximum atomic E-state index is 13.3. The van der Waals surface area contributed by atoms with Crippen LogP contribution in [0.1, 0.15) is 20.8 Å². The highest BCUT2D eigenvalue weighted by molar-refractivity contribution is 6.19. The number of rotatable bonds is 4. The Hall–Kier alpha value is -1.99. The topological polar surface area (TPSA) is 86.8 Å². The van der Waals surface area contributed by atoms with E-state index in [4.69, 9.17) is 0 Å². The normalized spacial score (nSPS) is 21.2. The van der Waals surface area contributed by atoms with Gasteiger partial charge in [0.25, 0.3) is 18.0 Å². The van der Waals surface area contributed by atoms with Crippen molar-refractivity contribution in [3.63, 3.8) is 0 Å². The molecule has 0 radical (unpaired) electrons. The Bertz CT molecular complexity index is 422. The molecule has 1 heterocycles. The summed E-state index contributed by atoms with van der Waals surface area (Å²) in [4.78, 5) is 48.0. The number of barbiturate groups is 1.